The number of likely N-dealkylation sites (tertiary alicyclic amines) is 1. The molecule has 1 atom stereocenters. The lowest BCUT2D eigenvalue weighted by molar-refractivity contribution is -0.160. The van der Waals surface area contributed by atoms with Crippen LogP contribution in [0.5, 0.6) is 0 Å². The van der Waals surface area contributed by atoms with E-state index in [-0.39, 0.29) is 5.91 Å². The van der Waals surface area contributed by atoms with Gasteiger partial charge in [0.2, 0.25) is 5.91 Å². The summed E-state index contributed by atoms with van der Waals surface area (Å²) < 4.78 is 0. The Kier molecular flexibility index (Phi) is 1.85. The molecule has 4 heteroatoms. The zero-order chi connectivity index (χ0) is 9.64. The van der Waals surface area contributed by atoms with Crippen molar-refractivity contribution in [2.24, 2.45) is 11.7 Å². The quantitative estimate of drug-likeness (QED) is 0.597. The van der Waals surface area contributed by atoms with Crippen LogP contribution in [0.15, 0.2) is 0 Å². The van der Waals surface area contributed by atoms with E-state index in [1.807, 2.05) is 0 Å². The number of hydrogen-bond donors (Lipinski definition) is 2. The number of β-amino-alcohol motifs (C(OH)–C–C–N with tert-alkyl or cyclic N) is 1. The van der Waals surface area contributed by atoms with Crippen molar-refractivity contribution in [3.8, 4) is 0 Å². The van der Waals surface area contributed by atoms with Crippen molar-refractivity contribution < 1.29 is 9.90 Å². The van der Waals surface area contributed by atoms with E-state index in [1.165, 1.54) is 0 Å². The molecule has 1 amide bonds. The molecule has 2 rings (SSSR count). The average Bonchev–Trinajstić information content (AvgIpc) is 2.79. The lowest BCUT2D eigenvalue weighted by atomic mass is 9.88. The highest BCUT2D eigenvalue weighted by Crippen LogP contribution is 2.44. The topological polar surface area (TPSA) is 66.6 Å². The predicted octanol–water partition coefficient (Wildman–Crippen LogP) is -0.683. The zero-order valence-electron chi connectivity index (χ0n) is 7.86. The fourth-order valence-corrected chi connectivity index (χ4v) is 1.94. The molecule has 1 aliphatic heterocycles. The first-order valence-electron chi connectivity index (χ1n) is 4.80. The summed E-state index contributed by atoms with van der Waals surface area (Å²) in [5, 5.41) is 9.92. The molecule has 0 aromatic rings. The van der Waals surface area contributed by atoms with Crippen LogP contribution >= 0.6 is 0 Å². The van der Waals surface area contributed by atoms with Crippen molar-refractivity contribution in [2.75, 3.05) is 13.1 Å². The van der Waals surface area contributed by atoms with Gasteiger partial charge in [-0.25, -0.2) is 0 Å². The lowest BCUT2D eigenvalue weighted by Gasteiger charge is -2.47. The normalized spacial score (nSPS) is 28.1. The summed E-state index contributed by atoms with van der Waals surface area (Å²) in [5.74, 6) is 0.384. The molecule has 1 heterocycles. The minimum absolute atomic E-state index is 0.0506. The molecule has 0 aromatic heterocycles. The molecule has 0 unspecified atom stereocenters. The number of aliphatic hydroxyl groups is 1. The molecule has 3 N–H and O–H groups in total. The summed E-state index contributed by atoms with van der Waals surface area (Å²) in [5.41, 5.74) is 4.87. The lowest BCUT2D eigenvalue weighted by Crippen LogP contribution is -2.66. The summed E-state index contributed by atoms with van der Waals surface area (Å²) >= 11 is 0. The average molecular weight is 184 g/mol. The molecule has 0 spiro atoms. The Morgan fingerprint density at radius 1 is 1.62 bits per heavy atom. The van der Waals surface area contributed by atoms with E-state index in [4.69, 9.17) is 5.73 Å². The molecule has 1 saturated heterocycles. The van der Waals surface area contributed by atoms with Gasteiger partial charge in [-0.1, -0.05) is 0 Å². The first-order valence-corrected chi connectivity index (χ1v) is 4.80. The van der Waals surface area contributed by atoms with Crippen LogP contribution in [-0.2, 0) is 4.79 Å². The molecular formula is C9H16N2O2. The Bertz CT molecular complexity index is 230. The number of nitrogens with two attached hydrogens (primary N) is 1. The Morgan fingerprint density at radius 2 is 2.15 bits per heavy atom. The van der Waals surface area contributed by atoms with Crippen molar-refractivity contribution in [1.29, 1.82) is 0 Å². The highest BCUT2D eigenvalue weighted by atomic mass is 16.3. The third kappa shape index (κ3) is 1.44. The van der Waals surface area contributed by atoms with Crippen molar-refractivity contribution >= 4 is 5.91 Å². The zero-order valence-corrected chi connectivity index (χ0v) is 7.86. The van der Waals surface area contributed by atoms with Gasteiger partial charge in [-0.3, -0.25) is 4.79 Å². The van der Waals surface area contributed by atoms with Crippen molar-refractivity contribution in [3.63, 3.8) is 0 Å². The van der Waals surface area contributed by atoms with Gasteiger partial charge in [-0.2, -0.15) is 0 Å². The predicted molar refractivity (Wildman–Crippen MR) is 47.9 cm³/mol. The molecule has 1 saturated carbocycles. The SMILES string of the molecule is C[C@H](N)C(=O)N1CC(O)(C2CC2)C1. The summed E-state index contributed by atoms with van der Waals surface area (Å²) in [4.78, 5) is 13.0. The molecule has 13 heavy (non-hydrogen) atoms. The van der Waals surface area contributed by atoms with Gasteiger partial charge < -0.3 is 15.7 Å². The van der Waals surface area contributed by atoms with Gasteiger partial charge in [0.1, 0.15) is 5.60 Å². The maximum atomic E-state index is 11.3. The van der Waals surface area contributed by atoms with E-state index in [2.05, 4.69) is 0 Å². The monoisotopic (exact) mass is 184 g/mol. The van der Waals surface area contributed by atoms with Crippen LogP contribution in [0.2, 0.25) is 0 Å². The van der Waals surface area contributed by atoms with E-state index in [0.717, 1.165) is 12.8 Å². The summed E-state index contributed by atoms with van der Waals surface area (Å²) in [6, 6.07) is -0.441. The Balaban J connectivity index is 1.86. The number of hydrogen-bond acceptors (Lipinski definition) is 3. The standard InChI is InChI=1S/C9H16N2O2/c1-6(10)8(12)11-4-9(13,5-11)7-2-3-7/h6-7,13H,2-5,10H2,1H3/t6-/m0/s1. The summed E-state index contributed by atoms with van der Waals surface area (Å²) in [6.45, 7) is 2.65. The largest absolute Gasteiger partial charge is 0.386 e. The van der Waals surface area contributed by atoms with E-state index in [1.54, 1.807) is 11.8 Å². The first-order chi connectivity index (χ1) is 6.03. The van der Waals surface area contributed by atoms with Crippen LogP contribution in [0, 0.1) is 5.92 Å². The van der Waals surface area contributed by atoms with Crippen LogP contribution in [0.1, 0.15) is 19.8 Å². The number of amides is 1. The maximum absolute atomic E-state index is 11.3. The second kappa shape index (κ2) is 2.69. The Hall–Kier alpha value is -0.610. The minimum Gasteiger partial charge on any atom is -0.386 e. The summed E-state index contributed by atoms with van der Waals surface area (Å²) in [7, 11) is 0. The van der Waals surface area contributed by atoms with Crippen LogP contribution < -0.4 is 5.73 Å². The molecule has 0 bridgehead atoms. The van der Waals surface area contributed by atoms with Gasteiger partial charge in [-0.05, 0) is 25.7 Å². The number of nitrogens with zero attached hydrogens (tertiary/aromatic N) is 1. The van der Waals surface area contributed by atoms with Crippen LogP contribution in [0.25, 0.3) is 0 Å². The minimum atomic E-state index is -0.579. The molecule has 74 valence electrons. The molecular weight excluding hydrogens is 168 g/mol. The highest BCUT2D eigenvalue weighted by Gasteiger charge is 2.53. The third-order valence-corrected chi connectivity index (χ3v) is 2.97. The smallest absolute Gasteiger partial charge is 0.239 e. The van der Waals surface area contributed by atoms with E-state index >= 15 is 0 Å². The Labute approximate surface area is 77.7 Å². The van der Waals surface area contributed by atoms with E-state index in [0.29, 0.717) is 19.0 Å². The fourth-order valence-electron chi connectivity index (χ4n) is 1.94. The molecule has 4 nitrogen and oxygen atoms in total. The van der Waals surface area contributed by atoms with Gasteiger partial charge in [0, 0.05) is 0 Å². The van der Waals surface area contributed by atoms with Gasteiger partial charge in [0.05, 0.1) is 19.1 Å². The number of carbonyl (C=O) groups excluding carboxylic acids is 1. The molecule has 1 aliphatic carbocycles. The van der Waals surface area contributed by atoms with E-state index in [9.17, 15) is 9.90 Å². The molecule has 0 aromatic carbocycles. The Morgan fingerprint density at radius 3 is 2.54 bits per heavy atom. The molecule has 2 aliphatic rings. The van der Waals surface area contributed by atoms with Crippen LogP contribution in [0.3, 0.4) is 0 Å². The van der Waals surface area contributed by atoms with Gasteiger partial charge in [-0.15, -0.1) is 0 Å². The van der Waals surface area contributed by atoms with Gasteiger partial charge in [0.25, 0.3) is 0 Å². The fraction of sp³-hybridized carbons (Fsp3) is 0.889. The highest BCUT2D eigenvalue weighted by molar-refractivity contribution is 5.82. The van der Waals surface area contributed by atoms with Crippen LogP contribution in [-0.4, -0.2) is 40.6 Å². The van der Waals surface area contributed by atoms with Crippen molar-refractivity contribution in [1.82, 2.24) is 4.90 Å². The molecule has 2 fully saturated rings. The second-order valence-corrected chi connectivity index (χ2v) is 4.36. The van der Waals surface area contributed by atoms with Gasteiger partial charge >= 0.3 is 0 Å². The third-order valence-electron chi connectivity index (χ3n) is 2.97. The second-order valence-electron chi connectivity index (χ2n) is 4.36. The summed E-state index contributed by atoms with van der Waals surface area (Å²) in [6.07, 6.45) is 2.22. The maximum Gasteiger partial charge on any atom is 0.239 e. The van der Waals surface area contributed by atoms with E-state index < -0.39 is 11.6 Å². The number of rotatable bonds is 2. The van der Waals surface area contributed by atoms with Gasteiger partial charge in [0.15, 0.2) is 0 Å². The number of carbonyl (C=O) groups is 1. The first kappa shape index (κ1) is 8.97. The van der Waals surface area contributed by atoms with Crippen molar-refractivity contribution in [3.05, 3.63) is 0 Å². The molecule has 0 radical (unpaired) electrons. The van der Waals surface area contributed by atoms with Crippen LogP contribution in [0.4, 0.5) is 0 Å². The van der Waals surface area contributed by atoms with Crippen molar-refractivity contribution in [2.45, 2.75) is 31.4 Å².